The molecule has 0 saturated carbocycles. The number of benzene rings is 1. The van der Waals surface area contributed by atoms with Crippen molar-refractivity contribution in [1.82, 2.24) is 0 Å². The number of allylic oxidation sites excluding steroid dienone is 1. The number of ether oxygens (including phenoxy) is 1. The highest BCUT2D eigenvalue weighted by Gasteiger charge is 2.24. The van der Waals surface area contributed by atoms with Gasteiger partial charge >= 0.3 is 5.97 Å². The van der Waals surface area contributed by atoms with E-state index < -0.39 is 0 Å². The van der Waals surface area contributed by atoms with Crippen LogP contribution in [0.3, 0.4) is 0 Å². The van der Waals surface area contributed by atoms with Crippen molar-refractivity contribution in [2.75, 3.05) is 7.11 Å². The van der Waals surface area contributed by atoms with Crippen LogP contribution in [0.5, 0.6) is 0 Å². The molecule has 114 valence electrons. The first kappa shape index (κ1) is 18.0. The Hall–Kier alpha value is -1.10. The maximum atomic E-state index is 11.6. The first-order valence-electron chi connectivity index (χ1n) is 6.33. The fourth-order valence-corrected chi connectivity index (χ4v) is 3.61. The molecule has 0 bridgehead atoms. The van der Waals surface area contributed by atoms with Crippen molar-refractivity contribution in [2.24, 2.45) is 13.0 Å². The lowest BCUT2D eigenvalue weighted by atomic mass is 10.0. The lowest BCUT2D eigenvalue weighted by Gasteiger charge is -2.08. The Balaban J connectivity index is 0.00000220. The Kier molecular flexibility index (Phi) is 6.65. The standard InChI is InChI=1S/C15H17ClNO2S.ClH/c1-10(15(18)19-3)8-11(9-16)14-17(2)12-6-4-5-7-13(12)20-14;/h4-7,9-10H,8H2,1-3H3;1H/q+1;/p-1. The summed E-state index contributed by atoms with van der Waals surface area (Å²) in [4.78, 5) is 11.6. The minimum atomic E-state index is -0.218. The lowest BCUT2D eigenvalue weighted by molar-refractivity contribution is -0.642. The molecule has 0 amide bonds. The summed E-state index contributed by atoms with van der Waals surface area (Å²) in [6.07, 6.45) is 0.566. The Morgan fingerprint density at radius 2 is 2.14 bits per heavy atom. The van der Waals surface area contributed by atoms with Gasteiger partial charge in [-0.25, -0.2) is 0 Å². The number of methoxy groups -OCH3 is 1. The topological polar surface area (TPSA) is 30.2 Å². The normalized spacial score (nSPS) is 12.9. The van der Waals surface area contributed by atoms with Crippen molar-refractivity contribution in [3.8, 4) is 0 Å². The molecule has 2 aromatic rings. The van der Waals surface area contributed by atoms with Crippen LogP contribution in [-0.2, 0) is 16.6 Å². The predicted octanol–water partition coefficient (Wildman–Crippen LogP) is 0.509. The molecule has 3 nitrogen and oxygen atoms in total. The van der Waals surface area contributed by atoms with E-state index in [2.05, 4.69) is 16.7 Å². The summed E-state index contributed by atoms with van der Waals surface area (Å²) in [5, 5.41) is 1.07. The number of thiazole rings is 1. The molecule has 6 heteroatoms. The minimum absolute atomic E-state index is 0. The van der Waals surface area contributed by atoms with E-state index in [1.54, 1.807) is 16.9 Å². The highest BCUT2D eigenvalue weighted by atomic mass is 35.5. The number of halogens is 2. The smallest absolute Gasteiger partial charge is 0.308 e. The summed E-state index contributed by atoms with van der Waals surface area (Å²) >= 11 is 7.65. The molecular formula is C15H17Cl2NO2S. The minimum Gasteiger partial charge on any atom is -1.00 e. The first-order chi connectivity index (χ1) is 9.58. The maximum Gasteiger partial charge on any atom is 0.308 e. The summed E-state index contributed by atoms with van der Waals surface area (Å²) in [6.45, 7) is 1.85. The van der Waals surface area contributed by atoms with Gasteiger partial charge in [0, 0.05) is 17.2 Å². The molecule has 0 aliphatic carbocycles. The van der Waals surface area contributed by atoms with E-state index in [4.69, 9.17) is 16.3 Å². The van der Waals surface area contributed by atoms with Gasteiger partial charge in [-0.2, -0.15) is 4.57 Å². The fraction of sp³-hybridized carbons (Fsp3) is 0.333. The second kappa shape index (κ2) is 7.78. The van der Waals surface area contributed by atoms with Crippen LogP contribution in [0.4, 0.5) is 0 Å². The van der Waals surface area contributed by atoms with E-state index in [-0.39, 0.29) is 24.3 Å². The molecular weight excluding hydrogens is 329 g/mol. The molecule has 1 aromatic heterocycles. The van der Waals surface area contributed by atoms with Gasteiger partial charge in [-0.05, 0) is 12.5 Å². The van der Waals surface area contributed by atoms with E-state index in [1.165, 1.54) is 11.8 Å². The second-order valence-corrected chi connectivity index (χ2v) is 5.95. The van der Waals surface area contributed by atoms with Crippen molar-refractivity contribution in [3.05, 3.63) is 34.8 Å². The van der Waals surface area contributed by atoms with Crippen molar-refractivity contribution in [2.45, 2.75) is 13.3 Å². The molecule has 1 unspecified atom stereocenters. The number of carbonyl (C=O) groups is 1. The van der Waals surface area contributed by atoms with E-state index >= 15 is 0 Å². The van der Waals surface area contributed by atoms with Crippen molar-refractivity contribution >= 4 is 44.7 Å². The van der Waals surface area contributed by atoms with Gasteiger partial charge in [0.1, 0.15) is 11.7 Å². The molecule has 1 aromatic carbocycles. The number of hydrogen-bond donors (Lipinski definition) is 0. The Morgan fingerprint density at radius 3 is 2.71 bits per heavy atom. The number of nitrogens with zero attached hydrogens (tertiary/aromatic N) is 1. The van der Waals surface area contributed by atoms with Crippen LogP contribution in [0.15, 0.2) is 29.8 Å². The zero-order valence-electron chi connectivity index (χ0n) is 12.1. The van der Waals surface area contributed by atoms with E-state index in [0.717, 1.165) is 16.1 Å². The highest BCUT2D eigenvalue weighted by Crippen LogP contribution is 2.29. The fourth-order valence-electron chi connectivity index (χ4n) is 2.18. The SMILES string of the molecule is COC(=O)C(C)CC(=CCl)c1sc2ccccc2[n+]1C.[Cl-]. The monoisotopic (exact) mass is 345 g/mol. The molecule has 0 fully saturated rings. The number of carbonyl (C=O) groups excluding carboxylic acids is 1. The predicted molar refractivity (Wildman–Crippen MR) is 82.6 cm³/mol. The van der Waals surface area contributed by atoms with Gasteiger partial charge in [0.15, 0.2) is 0 Å². The Morgan fingerprint density at radius 1 is 1.48 bits per heavy atom. The van der Waals surface area contributed by atoms with Gasteiger partial charge in [0.25, 0.3) is 5.01 Å². The number of aromatic nitrogens is 1. The molecule has 0 saturated heterocycles. The summed E-state index contributed by atoms with van der Waals surface area (Å²) in [7, 11) is 3.42. The van der Waals surface area contributed by atoms with Gasteiger partial charge in [0.2, 0.25) is 5.52 Å². The largest absolute Gasteiger partial charge is 1.00 e. The number of rotatable bonds is 4. The first-order valence-corrected chi connectivity index (χ1v) is 7.58. The van der Waals surface area contributed by atoms with Gasteiger partial charge in [-0.15, -0.1) is 0 Å². The molecule has 0 N–H and O–H groups in total. The van der Waals surface area contributed by atoms with E-state index in [1.807, 2.05) is 26.1 Å². The maximum absolute atomic E-state index is 11.6. The second-order valence-electron chi connectivity index (χ2n) is 4.70. The van der Waals surface area contributed by atoms with Crippen LogP contribution in [0, 0.1) is 5.92 Å². The number of esters is 1. The zero-order valence-corrected chi connectivity index (χ0v) is 14.4. The average molecular weight is 346 g/mol. The van der Waals surface area contributed by atoms with Crippen molar-refractivity contribution in [3.63, 3.8) is 0 Å². The molecule has 0 aliphatic heterocycles. The summed E-state index contributed by atoms with van der Waals surface area (Å²) in [5.41, 5.74) is 3.67. The van der Waals surface area contributed by atoms with Crippen LogP contribution in [0.1, 0.15) is 18.4 Å². The van der Waals surface area contributed by atoms with Crippen LogP contribution in [-0.4, -0.2) is 13.1 Å². The van der Waals surface area contributed by atoms with Gasteiger partial charge in [-0.1, -0.05) is 42.0 Å². The third-order valence-corrected chi connectivity index (χ3v) is 4.83. The van der Waals surface area contributed by atoms with Crippen molar-refractivity contribution < 1.29 is 26.5 Å². The van der Waals surface area contributed by atoms with E-state index in [9.17, 15) is 4.79 Å². The molecule has 0 radical (unpaired) electrons. The summed E-state index contributed by atoms with van der Waals surface area (Å²) < 4.78 is 8.08. The summed E-state index contributed by atoms with van der Waals surface area (Å²) in [5.74, 6) is -0.431. The lowest BCUT2D eigenvalue weighted by Crippen LogP contribution is -3.00. The number of fused-ring (bicyclic) bond motifs is 1. The van der Waals surface area contributed by atoms with Crippen LogP contribution < -0.4 is 17.0 Å². The van der Waals surface area contributed by atoms with Crippen LogP contribution >= 0.6 is 22.9 Å². The molecule has 0 spiro atoms. The quantitative estimate of drug-likeness (QED) is 0.597. The third-order valence-electron chi connectivity index (χ3n) is 3.27. The third kappa shape index (κ3) is 3.76. The Bertz CT molecular complexity index is 667. The van der Waals surface area contributed by atoms with E-state index in [0.29, 0.717) is 6.42 Å². The molecule has 0 aliphatic rings. The number of hydrogen-bond acceptors (Lipinski definition) is 3. The Labute approximate surface area is 139 Å². The van der Waals surface area contributed by atoms with Crippen LogP contribution in [0.25, 0.3) is 15.8 Å². The molecule has 21 heavy (non-hydrogen) atoms. The average Bonchev–Trinajstić information content (AvgIpc) is 2.81. The molecule has 2 rings (SSSR count). The molecule has 1 atom stereocenters. The summed E-state index contributed by atoms with van der Waals surface area (Å²) in [6, 6.07) is 8.19. The van der Waals surface area contributed by atoms with Crippen LogP contribution in [0.2, 0.25) is 0 Å². The van der Waals surface area contributed by atoms with Gasteiger partial charge in [-0.3, -0.25) is 4.79 Å². The number of aryl methyl sites for hydroxylation is 1. The highest BCUT2D eigenvalue weighted by molar-refractivity contribution is 7.19. The molecule has 1 heterocycles. The number of para-hydroxylation sites is 1. The van der Waals surface area contributed by atoms with Crippen molar-refractivity contribution in [1.29, 1.82) is 0 Å². The zero-order chi connectivity index (χ0) is 14.7. The van der Waals surface area contributed by atoms with Gasteiger partial charge in [0.05, 0.1) is 13.0 Å². The van der Waals surface area contributed by atoms with Gasteiger partial charge < -0.3 is 17.1 Å².